The van der Waals surface area contributed by atoms with Crippen LogP contribution in [-0.2, 0) is 9.47 Å². The lowest BCUT2D eigenvalue weighted by atomic mass is 9.80. The lowest BCUT2D eigenvalue weighted by Gasteiger charge is -2.44. The van der Waals surface area contributed by atoms with E-state index in [9.17, 15) is 0 Å². The lowest BCUT2D eigenvalue weighted by molar-refractivity contribution is -0.274. The minimum Gasteiger partial charge on any atom is -0.348 e. The Hall–Kier alpha value is -0.570. The van der Waals surface area contributed by atoms with Crippen molar-refractivity contribution in [1.82, 2.24) is 0 Å². The van der Waals surface area contributed by atoms with Crippen LogP contribution in [0.25, 0.3) is 0 Å². The summed E-state index contributed by atoms with van der Waals surface area (Å²) in [5.41, 5.74) is 1.08. The summed E-state index contributed by atoms with van der Waals surface area (Å²) < 4.78 is 12.0. The molecule has 3 heteroatoms. The van der Waals surface area contributed by atoms with E-state index in [1.165, 1.54) is 0 Å². The number of hydrogen-bond donors (Lipinski definition) is 0. The summed E-state index contributed by atoms with van der Waals surface area (Å²) in [5, 5.41) is 0.732. The lowest BCUT2D eigenvalue weighted by Crippen LogP contribution is -2.45. The van der Waals surface area contributed by atoms with Crippen molar-refractivity contribution < 1.29 is 9.47 Å². The molecular formula is C15H21ClO2. The van der Waals surface area contributed by atoms with Crippen molar-refractivity contribution in [3.05, 3.63) is 34.9 Å². The van der Waals surface area contributed by atoms with Crippen molar-refractivity contribution in [3.8, 4) is 0 Å². The number of rotatable bonds is 2. The standard InChI is InChI=1S/C15H21ClO2/c1-10(2)13-15(3,4)9-17-14(18-13)11-5-7-12(16)8-6-11/h5-8,10,13-14H,9H2,1-4H3/t13-,14+/m1/s1. The highest BCUT2D eigenvalue weighted by Gasteiger charge is 2.40. The SMILES string of the molecule is CC(C)[C@H]1O[C@@H](c2ccc(Cl)cc2)OCC1(C)C. The quantitative estimate of drug-likeness (QED) is 0.790. The number of ether oxygens (including phenoxy) is 2. The molecule has 0 saturated carbocycles. The van der Waals surface area contributed by atoms with Gasteiger partial charge in [0.05, 0.1) is 12.7 Å². The van der Waals surface area contributed by atoms with Crippen LogP contribution in [0.3, 0.4) is 0 Å². The Labute approximate surface area is 114 Å². The first-order valence-corrected chi connectivity index (χ1v) is 6.80. The van der Waals surface area contributed by atoms with E-state index in [-0.39, 0.29) is 17.8 Å². The van der Waals surface area contributed by atoms with Gasteiger partial charge in [0.1, 0.15) is 0 Å². The van der Waals surface area contributed by atoms with Gasteiger partial charge in [-0.25, -0.2) is 0 Å². The molecule has 0 spiro atoms. The fourth-order valence-electron chi connectivity index (χ4n) is 2.58. The zero-order valence-corrected chi connectivity index (χ0v) is 12.2. The fourth-order valence-corrected chi connectivity index (χ4v) is 2.71. The molecule has 0 unspecified atom stereocenters. The Kier molecular flexibility index (Phi) is 4.00. The Morgan fingerprint density at radius 1 is 1.22 bits per heavy atom. The van der Waals surface area contributed by atoms with Crippen molar-refractivity contribution in [1.29, 1.82) is 0 Å². The van der Waals surface area contributed by atoms with E-state index in [0.717, 1.165) is 10.6 Å². The molecule has 0 bridgehead atoms. The van der Waals surface area contributed by atoms with Crippen molar-refractivity contribution in [3.63, 3.8) is 0 Å². The van der Waals surface area contributed by atoms with Crippen molar-refractivity contribution in [2.45, 2.75) is 40.1 Å². The molecule has 1 aromatic carbocycles. The zero-order valence-electron chi connectivity index (χ0n) is 11.4. The normalized spacial score (nSPS) is 27.4. The third-order valence-electron chi connectivity index (χ3n) is 3.39. The molecule has 1 aliphatic heterocycles. The maximum absolute atomic E-state index is 6.12. The largest absolute Gasteiger partial charge is 0.348 e. The number of halogens is 1. The van der Waals surface area contributed by atoms with Crippen LogP contribution in [0.5, 0.6) is 0 Å². The van der Waals surface area contributed by atoms with Gasteiger partial charge in [-0.15, -0.1) is 0 Å². The summed E-state index contributed by atoms with van der Waals surface area (Å²) in [6.45, 7) is 9.47. The summed E-state index contributed by atoms with van der Waals surface area (Å²) in [6, 6.07) is 7.66. The van der Waals surface area contributed by atoms with Crippen LogP contribution >= 0.6 is 11.6 Å². The highest BCUT2D eigenvalue weighted by molar-refractivity contribution is 6.30. The molecule has 1 heterocycles. The molecule has 0 N–H and O–H groups in total. The predicted octanol–water partition coefficient (Wildman–Crippen LogP) is 4.44. The van der Waals surface area contributed by atoms with Crippen LogP contribution < -0.4 is 0 Å². The average Bonchev–Trinajstić information content (AvgIpc) is 2.29. The summed E-state index contributed by atoms with van der Waals surface area (Å²) in [4.78, 5) is 0. The smallest absolute Gasteiger partial charge is 0.184 e. The highest BCUT2D eigenvalue weighted by Crippen LogP contribution is 2.39. The molecule has 1 saturated heterocycles. The van der Waals surface area contributed by atoms with Gasteiger partial charge in [0, 0.05) is 16.0 Å². The maximum atomic E-state index is 6.12. The van der Waals surface area contributed by atoms with Gasteiger partial charge in [0.2, 0.25) is 0 Å². The second kappa shape index (κ2) is 5.20. The van der Waals surface area contributed by atoms with E-state index < -0.39 is 0 Å². The monoisotopic (exact) mass is 268 g/mol. The Balaban J connectivity index is 2.15. The van der Waals surface area contributed by atoms with E-state index in [2.05, 4.69) is 27.7 Å². The first-order chi connectivity index (χ1) is 8.40. The van der Waals surface area contributed by atoms with E-state index >= 15 is 0 Å². The summed E-state index contributed by atoms with van der Waals surface area (Å²) in [6.07, 6.45) is -0.0744. The Morgan fingerprint density at radius 3 is 2.39 bits per heavy atom. The topological polar surface area (TPSA) is 18.5 Å². The van der Waals surface area contributed by atoms with Gasteiger partial charge in [-0.3, -0.25) is 0 Å². The van der Waals surface area contributed by atoms with Crippen LogP contribution in [0, 0.1) is 11.3 Å². The van der Waals surface area contributed by atoms with Crippen LogP contribution in [-0.4, -0.2) is 12.7 Å². The highest BCUT2D eigenvalue weighted by atomic mass is 35.5. The van der Waals surface area contributed by atoms with Crippen molar-refractivity contribution in [2.24, 2.45) is 11.3 Å². The molecule has 0 aliphatic carbocycles. The minimum absolute atomic E-state index is 0.0527. The average molecular weight is 269 g/mol. The number of benzene rings is 1. The van der Waals surface area contributed by atoms with Gasteiger partial charge in [-0.05, 0) is 18.1 Å². The van der Waals surface area contributed by atoms with Crippen LogP contribution in [0.2, 0.25) is 5.02 Å². The van der Waals surface area contributed by atoms with Crippen LogP contribution in [0.15, 0.2) is 24.3 Å². The second-order valence-corrected chi connectivity index (χ2v) is 6.42. The zero-order chi connectivity index (χ0) is 13.3. The molecular weight excluding hydrogens is 248 g/mol. The second-order valence-electron chi connectivity index (χ2n) is 5.98. The fraction of sp³-hybridized carbons (Fsp3) is 0.600. The van der Waals surface area contributed by atoms with Crippen molar-refractivity contribution >= 4 is 11.6 Å². The molecule has 1 aromatic rings. The van der Waals surface area contributed by atoms with Crippen LogP contribution in [0.1, 0.15) is 39.5 Å². The Bertz CT molecular complexity index is 397. The van der Waals surface area contributed by atoms with Gasteiger partial charge in [-0.1, -0.05) is 51.4 Å². The van der Waals surface area contributed by atoms with E-state index in [4.69, 9.17) is 21.1 Å². The molecule has 100 valence electrons. The summed E-state index contributed by atoms with van der Waals surface area (Å²) >= 11 is 5.89. The van der Waals surface area contributed by atoms with Gasteiger partial charge in [0.25, 0.3) is 0 Å². The molecule has 2 nitrogen and oxygen atoms in total. The molecule has 18 heavy (non-hydrogen) atoms. The van der Waals surface area contributed by atoms with E-state index in [1.54, 1.807) is 0 Å². The third kappa shape index (κ3) is 2.87. The first-order valence-electron chi connectivity index (χ1n) is 6.43. The molecule has 2 rings (SSSR count). The molecule has 0 aromatic heterocycles. The maximum Gasteiger partial charge on any atom is 0.184 e. The summed E-state index contributed by atoms with van der Waals surface area (Å²) in [7, 11) is 0. The Morgan fingerprint density at radius 2 is 1.83 bits per heavy atom. The predicted molar refractivity (Wildman–Crippen MR) is 73.6 cm³/mol. The van der Waals surface area contributed by atoms with E-state index in [1.807, 2.05) is 24.3 Å². The number of hydrogen-bond acceptors (Lipinski definition) is 2. The molecule has 1 fully saturated rings. The molecule has 0 amide bonds. The van der Waals surface area contributed by atoms with Crippen molar-refractivity contribution in [2.75, 3.05) is 6.61 Å². The van der Waals surface area contributed by atoms with Crippen LogP contribution in [0.4, 0.5) is 0 Å². The van der Waals surface area contributed by atoms with Gasteiger partial charge in [0.15, 0.2) is 6.29 Å². The molecule has 2 atom stereocenters. The van der Waals surface area contributed by atoms with Gasteiger partial charge in [-0.2, -0.15) is 0 Å². The van der Waals surface area contributed by atoms with Gasteiger partial charge >= 0.3 is 0 Å². The third-order valence-corrected chi connectivity index (χ3v) is 3.65. The molecule has 1 aliphatic rings. The summed E-state index contributed by atoms with van der Waals surface area (Å²) in [5.74, 6) is 0.471. The first kappa shape index (κ1) is 13.9. The van der Waals surface area contributed by atoms with Gasteiger partial charge < -0.3 is 9.47 Å². The molecule has 0 radical (unpaired) electrons. The van der Waals surface area contributed by atoms with E-state index in [0.29, 0.717) is 12.5 Å². The minimum atomic E-state index is -0.275.